The zero-order valence-electron chi connectivity index (χ0n) is 17.7. The fraction of sp³-hybridized carbons (Fsp3) is 0.174. The number of halogens is 3. The van der Waals surface area contributed by atoms with Crippen LogP contribution in [0.4, 0.5) is 24.5 Å². The molecule has 1 aliphatic heterocycles. The third-order valence-electron chi connectivity index (χ3n) is 4.99. The highest BCUT2D eigenvalue weighted by Crippen LogP contribution is 2.37. The number of nitrogens with one attached hydrogen (secondary N) is 1. The zero-order chi connectivity index (χ0) is 24.5. The van der Waals surface area contributed by atoms with Crippen LogP contribution in [-0.2, 0) is 14.8 Å². The minimum atomic E-state index is -4.83. The molecule has 0 unspecified atom stereocenters. The third-order valence-corrected chi connectivity index (χ3v) is 6.79. The van der Waals surface area contributed by atoms with E-state index in [-0.39, 0.29) is 22.9 Å². The number of ether oxygens (including phenoxy) is 2. The van der Waals surface area contributed by atoms with E-state index >= 15 is 0 Å². The van der Waals surface area contributed by atoms with Crippen molar-refractivity contribution < 1.29 is 35.9 Å². The highest BCUT2D eigenvalue weighted by molar-refractivity contribution is 7.92. The summed E-state index contributed by atoms with van der Waals surface area (Å²) in [6.07, 6.45) is -6.04. The van der Waals surface area contributed by atoms with Crippen molar-refractivity contribution >= 4 is 27.3 Å². The van der Waals surface area contributed by atoms with Crippen LogP contribution in [0.5, 0.6) is 11.5 Å². The van der Waals surface area contributed by atoms with E-state index in [0.29, 0.717) is 5.69 Å². The van der Waals surface area contributed by atoms with Crippen molar-refractivity contribution in [1.29, 1.82) is 0 Å². The zero-order valence-corrected chi connectivity index (χ0v) is 18.6. The maximum atomic E-state index is 13.4. The van der Waals surface area contributed by atoms with Crippen molar-refractivity contribution in [2.45, 2.75) is 24.3 Å². The van der Waals surface area contributed by atoms with E-state index < -0.39 is 34.1 Å². The molecule has 0 spiro atoms. The predicted octanol–water partition coefficient (Wildman–Crippen LogP) is 4.49. The summed E-state index contributed by atoms with van der Waals surface area (Å²) in [4.78, 5) is 12.9. The Morgan fingerprint density at radius 1 is 1.03 bits per heavy atom. The van der Waals surface area contributed by atoms with Crippen LogP contribution in [0, 0.1) is 6.92 Å². The number of para-hydroxylation sites is 2. The van der Waals surface area contributed by atoms with E-state index in [1.54, 1.807) is 36.4 Å². The molecule has 1 heterocycles. The standard InChI is InChI=1S/C23H19F3N2O5S/c1-15-6-12-18(13-7-15)34(30,31)28-14-21(32-20-5-3-2-4-19(20)28)22(29)27-16-8-10-17(11-9-16)33-23(24,25)26/h2-13,21H,14H2,1H3,(H,27,29)/t21-/m0/s1. The lowest BCUT2D eigenvalue weighted by molar-refractivity contribution is -0.274. The Kier molecular flexibility index (Phi) is 6.13. The summed E-state index contributed by atoms with van der Waals surface area (Å²) in [7, 11) is -4.00. The SMILES string of the molecule is Cc1ccc(S(=O)(=O)N2C[C@@H](C(=O)Nc3ccc(OC(F)(F)F)cc3)Oc3ccccc32)cc1. The van der Waals surface area contributed by atoms with Crippen molar-refractivity contribution in [2.24, 2.45) is 0 Å². The lowest BCUT2D eigenvalue weighted by Gasteiger charge is -2.34. The van der Waals surface area contributed by atoms with Gasteiger partial charge in [0, 0.05) is 5.69 Å². The molecule has 34 heavy (non-hydrogen) atoms. The quantitative estimate of drug-likeness (QED) is 0.568. The van der Waals surface area contributed by atoms with Crippen molar-refractivity contribution in [3.63, 3.8) is 0 Å². The Labute approximate surface area is 193 Å². The fourth-order valence-electron chi connectivity index (χ4n) is 3.37. The van der Waals surface area contributed by atoms with Gasteiger partial charge in [-0.05, 0) is 55.5 Å². The molecule has 3 aromatic rings. The number of fused-ring (bicyclic) bond motifs is 1. The van der Waals surface area contributed by atoms with E-state index in [9.17, 15) is 26.4 Å². The van der Waals surface area contributed by atoms with Crippen LogP contribution in [0.15, 0.2) is 77.7 Å². The van der Waals surface area contributed by atoms with Gasteiger partial charge >= 0.3 is 6.36 Å². The molecule has 1 N–H and O–H groups in total. The average Bonchev–Trinajstić information content (AvgIpc) is 2.79. The summed E-state index contributed by atoms with van der Waals surface area (Å²) in [6, 6.07) is 17.3. The summed E-state index contributed by atoms with van der Waals surface area (Å²) < 4.78 is 74.4. The summed E-state index contributed by atoms with van der Waals surface area (Å²) >= 11 is 0. The lowest BCUT2D eigenvalue weighted by atomic mass is 10.2. The van der Waals surface area contributed by atoms with Crippen LogP contribution in [0.3, 0.4) is 0 Å². The second-order valence-electron chi connectivity index (χ2n) is 7.48. The smallest absolute Gasteiger partial charge is 0.476 e. The first-order valence-electron chi connectivity index (χ1n) is 10.0. The van der Waals surface area contributed by atoms with Crippen LogP contribution in [0.1, 0.15) is 5.56 Å². The van der Waals surface area contributed by atoms with Crippen molar-refractivity contribution in [2.75, 3.05) is 16.2 Å². The highest BCUT2D eigenvalue weighted by Gasteiger charge is 2.37. The summed E-state index contributed by atoms with van der Waals surface area (Å²) in [5.74, 6) is -0.898. The average molecular weight is 492 g/mol. The number of sulfonamides is 1. The number of anilines is 2. The van der Waals surface area contributed by atoms with Crippen molar-refractivity contribution in [1.82, 2.24) is 0 Å². The van der Waals surface area contributed by atoms with Gasteiger partial charge in [-0.2, -0.15) is 0 Å². The highest BCUT2D eigenvalue weighted by atomic mass is 32.2. The maximum Gasteiger partial charge on any atom is 0.573 e. The largest absolute Gasteiger partial charge is 0.573 e. The van der Waals surface area contributed by atoms with Gasteiger partial charge in [0.25, 0.3) is 15.9 Å². The molecule has 0 radical (unpaired) electrons. The Balaban J connectivity index is 1.57. The second kappa shape index (κ2) is 8.90. The van der Waals surface area contributed by atoms with Gasteiger partial charge in [0.05, 0.1) is 17.1 Å². The first kappa shape index (κ1) is 23.4. The number of alkyl halides is 3. The van der Waals surface area contributed by atoms with Gasteiger partial charge in [-0.15, -0.1) is 13.2 Å². The number of carbonyl (C=O) groups excluding carboxylic acids is 1. The molecule has 0 saturated carbocycles. The fourth-order valence-corrected chi connectivity index (χ4v) is 4.84. The molecule has 0 bridgehead atoms. The molecule has 3 aromatic carbocycles. The second-order valence-corrected chi connectivity index (χ2v) is 9.35. The van der Waals surface area contributed by atoms with Gasteiger partial charge < -0.3 is 14.8 Å². The van der Waals surface area contributed by atoms with Crippen molar-refractivity contribution in [3.8, 4) is 11.5 Å². The first-order chi connectivity index (χ1) is 16.0. The van der Waals surface area contributed by atoms with Crippen molar-refractivity contribution in [3.05, 3.63) is 78.4 Å². The van der Waals surface area contributed by atoms with E-state index in [1.807, 2.05) is 6.92 Å². The molecule has 0 aromatic heterocycles. The van der Waals surface area contributed by atoms with Crippen LogP contribution < -0.4 is 19.1 Å². The molecule has 178 valence electrons. The summed E-state index contributed by atoms with van der Waals surface area (Å²) in [6.45, 7) is 1.54. The Hall–Kier alpha value is -3.73. The van der Waals surface area contributed by atoms with Crippen LogP contribution in [-0.4, -0.2) is 33.3 Å². The van der Waals surface area contributed by atoms with Gasteiger partial charge in [0.15, 0.2) is 6.10 Å². The van der Waals surface area contributed by atoms with Crippen LogP contribution >= 0.6 is 0 Å². The summed E-state index contributed by atoms with van der Waals surface area (Å²) in [5, 5.41) is 2.53. The van der Waals surface area contributed by atoms with Gasteiger partial charge in [0.1, 0.15) is 11.5 Å². The van der Waals surface area contributed by atoms with Gasteiger partial charge in [-0.25, -0.2) is 8.42 Å². The molecule has 1 amide bonds. The number of aryl methyl sites for hydroxylation is 1. The molecule has 0 fully saturated rings. The third kappa shape index (κ3) is 5.09. The molecule has 7 nitrogen and oxygen atoms in total. The van der Waals surface area contributed by atoms with E-state index in [2.05, 4.69) is 10.1 Å². The molecular formula is C23H19F3N2O5S. The molecule has 0 saturated heterocycles. The van der Waals surface area contributed by atoms with E-state index in [1.165, 1.54) is 24.3 Å². The van der Waals surface area contributed by atoms with E-state index in [4.69, 9.17) is 4.74 Å². The number of hydrogen-bond acceptors (Lipinski definition) is 5. The minimum absolute atomic E-state index is 0.0641. The Morgan fingerprint density at radius 2 is 1.68 bits per heavy atom. The van der Waals surface area contributed by atoms with E-state index in [0.717, 1.165) is 22.0 Å². The number of amides is 1. The van der Waals surface area contributed by atoms with Gasteiger partial charge in [-0.1, -0.05) is 29.8 Å². The molecular weight excluding hydrogens is 473 g/mol. The number of hydrogen-bond donors (Lipinski definition) is 1. The monoisotopic (exact) mass is 492 g/mol. The predicted molar refractivity (Wildman–Crippen MR) is 118 cm³/mol. The Bertz CT molecular complexity index is 1290. The molecule has 1 aliphatic rings. The number of benzene rings is 3. The van der Waals surface area contributed by atoms with Crippen LogP contribution in [0.2, 0.25) is 0 Å². The first-order valence-corrected chi connectivity index (χ1v) is 11.5. The summed E-state index contributed by atoms with van der Waals surface area (Å²) in [5.41, 5.74) is 1.38. The van der Waals surface area contributed by atoms with Crippen LogP contribution in [0.25, 0.3) is 0 Å². The normalized spacial score (nSPS) is 15.8. The minimum Gasteiger partial charge on any atom is -0.476 e. The number of carbonyl (C=O) groups is 1. The molecule has 11 heteroatoms. The van der Waals surface area contributed by atoms with Gasteiger partial charge in [0.2, 0.25) is 0 Å². The molecule has 4 rings (SSSR count). The lowest BCUT2D eigenvalue weighted by Crippen LogP contribution is -2.48. The molecule has 1 atom stereocenters. The topological polar surface area (TPSA) is 84.9 Å². The number of nitrogens with zero attached hydrogens (tertiary/aromatic N) is 1. The van der Waals surface area contributed by atoms with Gasteiger partial charge in [-0.3, -0.25) is 9.10 Å². The maximum absolute atomic E-state index is 13.4. The number of rotatable bonds is 5. The Morgan fingerprint density at radius 3 is 2.32 bits per heavy atom. The molecule has 0 aliphatic carbocycles.